The predicted molar refractivity (Wildman–Crippen MR) is 154 cm³/mol. The van der Waals surface area contributed by atoms with Gasteiger partial charge in [0.1, 0.15) is 24.4 Å². The summed E-state index contributed by atoms with van der Waals surface area (Å²) in [5.74, 6) is 1.38. The third-order valence-corrected chi connectivity index (χ3v) is 12.8. The summed E-state index contributed by atoms with van der Waals surface area (Å²) >= 11 is 0. The number of likely N-dealkylation sites (tertiary alicyclic amines) is 2. The molecule has 2 saturated heterocycles. The first kappa shape index (κ1) is 24.4. The molecule has 4 bridgehead atoms. The lowest BCUT2D eigenvalue weighted by Crippen LogP contribution is -2.64. The lowest BCUT2D eigenvalue weighted by Gasteiger charge is -2.56. The summed E-state index contributed by atoms with van der Waals surface area (Å²) in [5.41, 5.74) is 4.66. The van der Waals surface area contributed by atoms with Crippen LogP contribution in [0, 0.1) is 11.8 Å². The first-order chi connectivity index (χ1) is 20.3. The minimum absolute atomic E-state index is 0.0181. The number of aromatic hydroxyl groups is 2. The van der Waals surface area contributed by atoms with E-state index >= 15 is 0 Å². The highest BCUT2D eigenvalue weighted by atomic mass is 16.5. The number of nitrogens with zero attached hydrogens (tertiary/aromatic N) is 2. The molecular formula is C34H36N2O6. The Balaban J connectivity index is 1.19. The fourth-order valence-electron chi connectivity index (χ4n) is 11.0. The lowest BCUT2D eigenvalue weighted by molar-refractivity contribution is -0.0453. The average molecular weight is 569 g/mol. The summed E-state index contributed by atoms with van der Waals surface area (Å²) in [6.45, 7) is 1.82. The lowest BCUT2D eigenvalue weighted by atomic mass is 9.53. The molecule has 2 aromatic carbocycles. The van der Waals surface area contributed by atoms with Gasteiger partial charge in [-0.2, -0.15) is 0 Å². The fraction of sp³-hybridized carbons (Fsp3) is 0.529. The van der Waals surface area contributed by atoms with E-state index in [-0.39, 0.29) is 46.2 Å². The minimum atomic E-state index is -0.746. The van der Waals surface area contributed by atoms with Crippen molar-refractivity contribution in [3.63, 3.8) is 0 Å². The Kier molecular flexibility index (Phi) is 4.38. The smallest absolute Gasteiger partial charge is 0.166 e. The van der Waals surface area contributed by atoms with Gasteiger partial charge in [-0.1, -0.05) is 24.3 Å². The van der Waals surface area contributed by atoms with Gasteiger partial charge >= 0.3 is 0 Å². The Morgan fingerprint density at radius 1 is 0.690 bits per heavy atom. The van der Waals surface area contributed by atoms with Gasteiger partial charge in [0.15, 0.2) is 23.0 Å². The van der Waals surface area contributed by atoms with E-state index in [9.17, 15) is 20.4 Å². The topological polar surface area (TPSA) is 106 Å². The molecule has 8 heteroatoms. The minimum Gasteiger partial charge on any atom is -0.504 e. The molecular weight excluding hydrogens is 532 g/mol. The number of hydrogen-bond donors (Lipinski definition) is 4. The van der Waals surface area contributed by atoms with Crippen LogP contribution in [0.2, 0.25) is 0 Å². The Labute approximate surface area is 244 Å². The third kappa shape index (κ3) is 2.48. The van der Waals surface area contributed by atoms with Gasteiger partial charge in [-0.25, -0.2) is 0 Å². The molecule has 42 heavy (non-hydrogen) atoms. The number of phenolic OH excluding ortho intramolecular Hbond substituents is 2. The molecule has 2 spiro atoms. The molecule has 8 nitrogen and oxygen atoms in total. The van der Waals surface area contributed by atoms with Crippen LogP contribution < -0.4 is 9.47 Å². The normalized spacial score (nSPS) is 43.0. The first-order valence-electron chi connectivity index (χ1n) is 15.5. The highest BCUT2D eigenvalue weighted by Gasteiger charge is 2.66. The van der Waals surface area contributed by atoms with E-state index in [4.69, 9.17) is 9.47 Å². The maximum Gasteiger partial charge on any atom is 0.166 e. The van der Waals surface area contributed by atoms with Crippen molar-refractivity contribution in [2.24, 2.45) is 11.8 Å². The molecule has 10 rings (SSSR count). The second-order valence-electron chi connectivity index (χ2n) is 14.2. The number of aliphatic hydroxyl groups is 2. The molecule has 0 radical (unpaired) electrons. The van der Waals surface area contributed by atoms with Crippen LogP contribution in [0.4, 0.5) is 0 Å². The van der Waals surface area contributed by atoms with Gasteiger partial charge in [-0.15, -0.1) is 0 Å². The second kappa shape index (κ2) is 7.53. The van der Waals surface area contributed by atoms with E-state index in [1.54, 1.807) is 0 Å². The van der Waals surface area contributed by atoms with Crippen molar-refractivity contribution in [3.05, 3.63) is 58.7 Å². The van der Waals surface area contributed by atoms with Crippen LogP contribution in [-0.2, 0) is 23.7 Å². The molecule has 4 aliphatic carbocycles. The monoisotopic (exact) mass is 568 g/mol. The van der Waals surface area contributed by atoms with Gasteiger partial charge < -0.3 is 39.7 Å². The van der Waals surface area contributed by atoms with E-state index in [0.29, 0.717) is 22.6 Å². The van der Waals surface area contributed by atoms with E-state index in [1.807, 2.05) is 12.2 Å². The van der Waals surface area contributed by atoms with Crippen LogP contribution >= 0.6 is 0 Å². The van der Waals surface area contributed by atoms with Gasteiger partial charge in [0.2, 0.25) is 0 Å². The zero-order chi connectivity index (χ0) is 28.4. The maximum atomic E-state index is 11.9. The molecule has 8 aliphatic rings. The van der Waals surface area contributed by atoms with Crippen molar-refractivity contribution < 1.29 is 29.9 Å². The Bertz CT molecular complexity index is 1550. The van der Waals surface area contributed by atoms with Gasteiger partial charge in [-0.3, -0.25) is 0 Å². The fourth-order valence-corrected chi connectivity index (χ4v) is 11.0. The zero-order valence-electron chi connectivity index (χ0n) is 23.8. The highest BCUT2D eigenvalue weighted by Crippen LogP contribution is 2.67. The van der Waals surface area contributed by atoms with Crippen LogP contribution in [0.3, 0.4) is 0 Å². The molecule has 10 atom stereocenters. The van der Waals surface area contributed by atoms with Crippen LogP contribution in [-0.4, -0.2) is 93.9 Å². The summed E-state index contributed by atoms with van der Waals surface area (Å²) in [4.78, 5) is 4.83. The summed E-state index contributed by atoms with van der Waals surface area (Å²) in [7, 11) is 4.35. The number of ether oxygens (including phenoxy) is 2. The van der Waals surface area contributed by atoms with Gasteiger partial charge in [0, 0.05) is 57.0 Å². The largest absolute Gasteiger partial charge is 0.504 e. The standard InChI is InChI=1S/C34H36N2O6/c1-35-9-7-33-19-3-5-23(37)31(33)41-29-25(33)15(13-21(19)35)11-17(27(29)39)18-12-16-14-22-20-4-6-24(38)32-34(20,8-10-36(22)2)26(16)30(42-32)28(18)40/h3-6,11-12,19-24,31-32,37-40H,7-10,13-14H2,1-2H3/t19-,20-,21+,22+,23?,24?,31-,32-,33-,34-/m0/s1. The molecule has 2 unspecified atom stereocenters. The predicted octanol–water partition coefficient (Wildman–Crippen LogP) is 2.38. The molecule has 2 fully saturated rings. The summed E-state index contributed by atoms with van der Waals surface area (Å²) < 4.78 is 13.1. The number of piperidine rings is 2. The number of benzene rings is 2. The van der Waals surface area contributed by atoms with Crippen LogP contribution in [0.1, 0.15) is 35.1 Å². The van der Waals surface area contributed by atoms with E-state index < -0.39 is 24.4 Å². The highest BCUT2D eigenvalue weighted by molar-refractivity contribution is 5.85. The Morgan fingerprint density at radius 3 is 1.55 bits per heavy atom. The van der Waals surface area contributed by atoms with Crippen molar-refractivity contribution >= 4 is 0 Å². The first-order valence-corrected chi connectivity index (χ1v) is 15.5. The third-order valence-electron chi connectivity index (χ3n) is 12.8. The molecule has 4 heterocycles. The van der Waals surface area contributed by atoms with Gasteiger partial charge in [-0.05, 0) is 76.1 Å². The quantitative estimate of drug-likeness (QED) is 0.389. The van der Waals surface area contributed by atoms with Crippen molar-refractivity contribution in [3.8, 4) is 34.1 Å². The number of hydrogen-bond acceptors (Lipinski definition) is 8. The summed E-state index contributed by atoms with van der Waals surface area (Å²) in [5, 5.41) is 46.0. The second-order valence-corrected chi connectivity index (χ2v) is 14.2. The maximum absolute atomic E-state index is 11.9. The van der Waals surface area contributed by atoms with Gasteiger partial charge in [0.05, 0.1) is 0 Å². The molecule has 2 aromatic rings. The van der Waals surface area contributed by atoms with Crippen molar-refractivity contribution in [1.29, 1.82) is 0 Å². The Hall–Kier alpha value is -3.04. The summed E-state index contributed by atoms with van der Waals surface area (Å²) in [6.07, 6.45) is 9.02. The average Bonchev–Trinajstić information content (AvgIpc) is 3.52. The number of phenols is 2. The molecule has 0 amide bonds. The van der Waals surface area contributed by atoms with E-state index in [1.165, 1.54) is 0 Å². The zero-order valence-corrected chi connectivity index (χ0v) is 23.8. The van der Waals surface area contributed by atoms with Crippen LogP contribution in [0.25, 0.3) is 11.1 Å². The van der Waals surface area contributed by atoms with Crippen LogP contribution in [0.5, 0.6) is 23.0 Å². The van der Waals surface area contributed by atoms with Crippen molar-refractivity contribution in [1.82, 2.24) is 9.80 Å². The van der Waals surface area contributed by atoms with E-state index in [0.717, 1.165) is 61.0 Å². The molecule has 0 aromatic heterocycles. The Morgan fingerprint density at radius 2 is 1.12 bits per heavy atom. The number of aliphatic hydroxyl groups excluding tert-OH is 2. The van der Waals surface area contributed by atoms with Gasteiger partial charge in [0.25, 0.3) is 0 Å². The molecule has 0 saturated carbocycles. The molecule has 4 aliphatic heterocycles. The number of rotatable bonds is 1. The number of likely N-dealkylation sites (N-methyl/N-ethyl adjacent to an activating group) is 2. The molecule has 218 valence electrons. The summed E-state index contributed by atoms with van der Waals surface area (Å²) in [6, 6.07) is 4.65. The van der Waals surface area contributed by atoms with E-state index in [2.05, 4.69) is 48.2 Å². The molecule has 4 N–H and O–H groups in total. The van der Waals surface area contributed by atoms with Crippen molar-refractivity contribution in [2.45, 2.75) is 73.0 Å². The van der Waals surface area contributed by atoms with Crippen LogP contribution in [0.15, 0.2) is 36.4 Å². The SMILES string of the molecule is CN1CC[C@]23c4c5cc(-c6cc7c8c(c6O)O[C@H]6C(O)C=C[C@H]9[C@@H](C7)N(C)CC[C@]869)c(O)c4O[C@H]2C(O)C=C[C@H]3[C@H]1C5. The van der Waals surface area contributed by atoms with Crippen molar-refractivity contribution in [2.75, 3.05) is 27.2 Å².